The number of nitrogens with one attached hydrogen (secondary N) is 1. The Hall–Kier alpha value is -2.84. The van der Waals surface area contributed by atoms with Crippen molar-refractivity contribution in [2.75, 3.05) is 11.9 Å². The topological polar surface area (TPSA) is 88.1 Å². The van der Waals surface area contributed by atoms with E-state index in [1.54, 1.807) is 24.3 Å². The summed E-state index contributed by atoms with van der Waals surface area (Å²) in [5.74, 6) is 0.286. The van der Waals surface area contributed by atoms with E-state index in [9.17, 15) is 4.79 Å². The van der Waals surface area contributed by atoms with Crippen molar-refractivity contribution in [3.05, 3.63) is 60.2 Å². The predicted octanol–water partition coefficient (Wildman–Crippen LogP) is 2.23. The van der Waals surface area contributed by atoms with Gasteiger partial charge in [-0.25, -0.2) is 0 Å². The second kappa shape index (κ2) is 7.08. The minimum atomic E-state index is -0.722. The summed E-state index contributed by atoms with van der Waals surface area (Å²) in [5, 5.41) is 11.2. The smallest absolute Gasteiger partial charge is 0.245 e. The lowest BCUT2D eigenvalue weighted by molar-refractivity contribution is -0.117. The quantitative estimate of drug-likeness (QED) is 0.879. The number of rotatable bonds is 5. The molecule has 21 heavy (non-hydrogen) atoms. The van der Waals surface area contributed by atoms with E-state index >= 15 is 0 Å². The van der Waals surface area contributed by atoms with E-state index in [0.29, 0.717) is 11.4 Å². The van der Waals surface area contributed by atoms with Gasteiger partial charge in [-0.2, -0.15) is 5.26 Å². The molecule has 0 spiro atoms. The van der Waals surface area contributed by atoms with Crippen molar-refractivity contribution in [1.82, 2.24) is 0 Å². The van der Waals surface area contributed by atoms with Gasteiger partial charge >= 0.3 is 0 Å². The number of hydrogen-bond acceptors (Lipinski definition) is 4. The van der Waals surface area contributed by atoms with E-state index in [2.05, 4.69) is 5.32 Å². The molecule has 0 aliphatic rings. The van der Waals surface area contributed by atoms with Crippen LogP contribution in [0.2, 0.25) is 0 Å². The lowest BCUT2D eigenvalue weighted by atomic mass is 10.1. The second-order valence-electron chi connectivity index (χ2n) is 4.35. The fourth-order valence-corrected chi connectivity index (χ4v) is 1.78. The van der Waals surface area contributed by atoms with Crippen LogP contribution < -0.4 is 15.8 Å². The molecule has 5 heteroatoms. The molecular formula is C16H15N3O2. The summed E-state index contributed by atoms with van der Waals surface area (Å²) in [6, 6.07) is 17.1. The number of nitriles is 1. The molecule has 0 heterocycles. The highest BCUT2D eigenvalue weighted by Gasteiger charge is 2.15. The van der Waals surface area contributed by atoms with Crippen LogP contribution in [0.15, 0.2) is 54.6 Å². The summed E-state index contributed by atoms with van der Waals surface area (Å²) in [5.41, 5.74) is 7.28. The third kappa shape index (κ3) is 4.06. The molecule has 2 rings (SSSR count). The molecule has 0 fully saturated rings. The maximum Gasteiger partial charge on any atom is 0.245 e. The van der Waals surface area contributed by atoms with E-state index in [0.717, 1.165) is 5.56 Å². The summed E-state index contributed by atoms with van der Waals surface area (Å²) < 4.78 is 5.13. The zero-order valence-corrected chi connectivity index (χ0v) is 11.3. The maximum absolute atomic E-state index is 12.1. The first-order valence-corrected chi connectivity index (χ1v) is 6.42. The molecule has 1 amide bonds. The molecule has 106 valence electrons. The lowest BCUT2D eigenvalue weighted by Gasteiger charge is -2.12. The second-order valence-corrected chi connectivity index (χ2v) is 4.35. The van der Waals surface area contributed by atoms with Gasteiger partial charge in [0.15, 0.2) is 6.61 Å². The number of nitrogens with zero attached hydrogens (tertiary/aromatic N) is 1. The van der Waals surface area contributed by atoms with Gasteiger partial charge in [0.1, 0.15) is 17.9 Å². The first-order valence-electron chi connectivity index (χ1n) is 6.42. The number of carbonyl (C=O) groups excluding carboxylic acids is 1. The van der Waals surface area contributed by atoms with Gasteiger partial charge in [-0.1, -0.05) is 30.3 Å². The molecule has 5 nitrogen and oxygen atoms in total. The van der Waals surface area contributed by atoms with Crippen molar-refractivity contribution < 1.29 is 9.53 Å². The van der Waals surface area contributed by atoms with Crippen LogP contribution in [-0.2, 0) is 4.79 Å². The van der Waals surface area contributed by atoms with Gasteiger partial charge < -0.3 is 15.8 Å². The van der Waals surface area contributed by atoms with Crippen molar-refractivity contribution in [3.8, 4) is 11.8 Å². The third-order valence-corrected chi connectivity index (χ3v) is 2.87. The van der Waals surface area contributed by atoms with Crippen LogP contribution in [0.3, 0.4) is 0 Å². The van der Waals surface area contributed by atoms with Crippen LogP contribution in [0.1, 0.15) is 11.6 Å². The van der Waals surface area contributed by atoms with Gasteiger partial charge in [0.25, 0.3) is 0 Å². The van der Waals surface area contributed by atoms with Gasteiger partial charge in [-0.3, -0.25) is 4.79 Å². The van der Waals surface area contributed by atoms with Crippen molar-refractivity contribution in [1.29, 1.82) is 5.26 Å². The van der Waals surface area contributed by atoms with Crippen LogP contribution in [-0.4, -0.2) is 12.5 Å². The van der Waals surface area contributed by atoms with Gasteiger partial charge in [-0.15, -0.1) is 0 Å². The van der Waals surface area contributed by atoms with Crippen molar-refractivity contribution in [2.45, 2.75) is 6.04 Å². The number of benzene rings is 2. The maximum atomic E-state index is 12.1. The van der Waals surface area contributed by atoms with Crippen LogP contribution >= 0.6 is 0 Å². The fraction of sp³-hybridized carbons (Fsp3) is 0.125. The number of hydrogen-bond donors (Lipinski definition) is 2. The number of carbonyl (C=O) groups is 1. The number of anilines is 1. The molecule has 0 aliphatic carbocycles. The first-order chi connectivity index (χ1) is 10.2. The number of ether oxygens (including phenoxy) is 1. The highest BCUT2D eigenvalue weighted by Crippen LogP contribution is 2.17. The van der Waals surface area contributed by atoms with Crippen molar-refractivity contribution in [3.63, 3.8) is 0 Å². The predicted molar refractivity (Wildman–Crippen MR) is 79.6 cm³/mol. The molecule has 0 radical (unpaired) electrons. The molecule has 2 aromatic carbocycles. The molecule has 0 aromatic heterocycles. The Labute approximate surface area is 123 Å². The van der Waals surface area contributed by atoms with Crippen LogP contribution in [0.25, 0.3) is 0 Å². The van der Waals surface area contributed by atoms with E-state index in [1.807, 2.05) is 36.4 Å². The van der Waals surface area contributed by atoms with E-state index in [-0.39, 0.29) is 12.5 Å². The zero-order valence-electron chi connectivity index (χ0n) is 11.3. The zero-order chi connectivity index (χ0) is 15.1. The van der Waals surface area contributed by atoms with Gasteiger partial charge in [0, 0.05) is 5.69 Å². The molecule has 1 atom stereocenters. The average Bonchev–Trinajstić information content (AvgIpc) is 2.54. The molecule has 0 saturated heterocycles. The Kier molecular flexibility index (Phi) is 4.91. The van der Waals surface area contributed by atoms with Crippen LogP contribution in [0.4, 0.5) is 5.69 Å². The number of amides is 1. The summed E-state index contributed by atoms with van der Waals surface area (Å²) >= 11 is 0. The van der Waals surface area contributed by atoms with E-state index in [4.69, 9.17) is 15.7 Å². The summed E-state index contributed by atoms with van der Waals surface area (Å²) in [6.45, 7) is -0.00934. The van der Waals surface area contributed by atoms with Crippen molar-refractivity contribution in [2.24, 2.45) is 5.73 Å². The standard InChI is InChI=1S/C16H15N3O2/c17-10-11-21-14-8-6-13(7-9-14)19-16(20)15(18)12-4-2-1-3-5-12/h1-9,15H,11,18H2,(H,19,20)/t15-/m0/s1. The molecule has 0 saturated carbocycles. The van der Waals surface area contributed by atoms with E-state index in [1.165, 1.54) is 0 Å². The molecule has 0 aliphatic heterocycles. The average molecular weight is 281 g/mol. The van der Waals surface area contributed by atoms with Crippen LogP contribution in [0, 0.1) is 11.3 Å². The Morgan fingerprint density at radius 1 is 1.19 bits per heavy atom. The minimum absolute atomic E-state index is 0.00934. The normalized spacial score (nSPS) is 11.2. The molecular weight excluding hydrogens is 266 g/mol. The number of nitrogens with two attached hydrogens (primary N) is 1. The molecule has 0 bridgehead atoms. The molecule has 2 aromatic rings. The lowest BCUT2D eigenvalue weighted by Crippen LogP contribution is -2.27. The van der Waals surface area contributed by atoms with Crippen LogP contribution in [0.5, 0.6) is 5.75 Å². The highest BCUT2D eigenvalue weighted by atomic mass is 16.5. The monoisotopic (exact) mass is 281 g/mol. The first kappa shape index (κ1) is 14.6. The minimum Gasteiger partial charge on any atom is -0.479 e. The largest absolute Gasteiger partial charge is 0.479 e. The summed E-state index contributed by atoms with van der Waals surface area (Å²) in [6.07, 6.45) is 0. The fourth-order valence-electron chi connectivity index (χ4n) is 1.78. The Balaban J connectivity index is 1.98. The van der Waals surface area contributed by atoms with Crippen molar-refractivity contribution >= 4 is 11.6 Å². The van der Waals surface area contributed by atoms with Gasteiger partial charge in [0.05, 0.1) is 0 Å². The Bertz CT molecular complexity index is 633. The Morgan fingerprint density at radius 2 is 1.86 bits per heavy atom. The van der Waals surface area contributed by atoms with E-state index < -0.39 is 6.04 Å². The summed E-state index contributed by atoms with van der Waals surface area (Å²) in [7, 11) is 0. The van der Waals surface area contributed by atoms with Gasteiger partial charge in [0.2, 0.25) is 5.91 Å². The highest BCUT2D eigenvalue weighted by molar-refractivity contribution is 5.95. The third-order valence-electron chi connectivity index (χ3n) is 2.87. The molecule has 0 unspecified atom stereocenters. The summed E-state index contributed by atoms with van der Waals surface area (Å²) in [4.78, 5) is 12.1. The SMILES string of the molecule is N#CCOc1ccc(NC(=O)[C@@H](N)c2ccccc2)cc1. The molecule has 3 N–H and O–H groups in total. The van der Waals surface area contributed by atoms with Gasteiger partial charge in [-0.05, 0) is 29.8 Å². The Morgan fingerprint density at radius 3 is 2.48 bits per heavy atom.